The van der Waals surface area contributed by atoms with Gasteiger partial charge in [0.2, 0.25) is 5.91 Å². The molecule has 0 spiro atoms. The molecule has 1 aromatic carbocycles. The molecule has 1 atom stereocenters. The van der Waals surface area contributed by atoms with Gasteiger partial charge in [-0.2, -0.15) is 0 Å². The number of carbonyl (C=O) groups excluding carboxylic acids is 1. The van der Waals surface area contributed by atoms with E-state index in [1.54, 1.807) is 0 Å². The second-order valence-corrected chi connectivity index (χ2v) is 10.5. The predicted octanol–water partition coefficient (Wildman–Crippen LogP) is 4.68. The molecule has 4 saturated carbocycles. The smallest absolute Gasteiger partial charge is 0.237 e. The zero-order valence-corrected chi connectivity index (χ0v) is 18.8. The topological polar surface area (TPSA) is 58.4 Å². The van der Waals surface area contributed by atoms with Gasteiger partial charge in [-0.3, -0.25) is 9.69 Å². The highest BCUT2D eigenvalue weighted by molar-refractivity contribution is 5.82. The molecule has 4 bridgehead atoms. The summed E-state index contributed by atoms with van der Waals surface area (Å²) >= 11 is 0. The van der Waals surface area contributed by atoms with Gasteiger partial charge in [-0.25, -0.2) is 0 Å². The minimum Gasteiger partial charge on any atom is -0.361 e. The summed E-state index contributed by atoms with van der Waals surface area (Å²) in [7, 11) is 2.06. The molecule has 6 rings (SSSR count). The fourth-order valence-corrected chi connectivity index (χ4v) is 6.70. The average molecular weight is 422 g/mol. The number of rotatable bonds is 8. The highest BCUT2D eigenvalue weighted by atomic mass is 16.5. The molecule has 1 unspecified atom stereocenters. The van der Waals surface area contributed by atoms with Crippen molar-refractivity contribution in [3.05, 3.63) is 42.2 Å². The monoisotopic (exact) mass is 421 g/mol. The number of aryl methyl sites for hydroxylation is 1. The molecule has 1 aromatic heterocycles. The third-order valence-corrected chi connectivity index (χ3v) is 8.03. The first-order chi connectivity index (χ1) is 15.0. The van der Waals surface area contributed by atoms with Gasteiger partial charge in [0.25, 0.3) is 0 Å². The fraction of sp³-hybridized carbons (Fsp3) is 0.615. The van der Waals surface area contributed by atoms with Crippen molar-refractivity contribution in [2.75, 3.05) is 13.6 Å². The molecule has 4 fully saturated rings. The Balaban J connectivity index is 1.10. The number of aromatic nitrogens is 1. The maximum absolute atomic E-state index is 13.1. The first-order valence-corrected chi connectivity index (χ1v) is 12.0. The van der Waals surface area contributed by atoms with Crippen LogP contribution in [0.5, 0.6) is 0 Å². The zero-order chi connectivity index (χ0) is 21.4. The van der Waals surface area contributed by atoms with Gasteiger partial charge in [0.15, 0.2) is 0 Å². The van der Waals surface area contributed by atoms with Crippen LogP contribution in [0.25, 0.3) is 11.3 Å². The van der Waals surface area contributed by atoms with E-state index in [0.717, 1.165) is 54.2 Å². The molecule has 5 heteroatoms. The second kappa shape index (κ2) is 8.42. The molecule has 166 valence electrons. The van der Waals surface area contributed by atoms with Gasteiger partial charge in [-0.15, -0.1) is 0 Å². The van der Waals surface area contributed by atoms with E-state index in [1.807, 2.05) is 43.3 Å². The largest absolute Gasteiger partial charge is 0.361 e. The van der Waals surface area contributed by atoms with Crippen molar-refractivity contribution in [1.29, 1.82) is 0 Å². The van der Waals surface area contributed by atoms with E-state index in [9.17, 15) is 4.79 Å². The lowest BCUT2D eigenvalue weighted by Crippen LogP contribution is -2.62. The summed E-state index contributed by atoms with van der Waals surface area (Å²) in [4.78, 5) is 15.3. The molecule has 0 radical (unpaired) electrons. The van der Waals surface area contributed by atoms with Crippen LogP contribution in [0.2, 0.25) is 0 Å². The normalized spacial score (nSPS) is 30.0. The molecule has 1 N–H and O–H groups in total. The third-order valence-electron chi connectivity index (χ3n) is 8.03. The molecule has 31 heavy (non-hydrogen) atoms. The van der Waals surface area contributed by atoms with E-state index in [0.29, 0.717) is 0 Å². The minimum atomic E-state index is -0.109. The van der Waals surface area contributed by atoms with E-state index >= 15 is 0 Å². The van der Waals surface area contributed by atoms with Gasteiger partial charge >= 0.3 is 0 Å². The molecule has 1 amide bonds. The molecule has 1 heterocycles. The summed E-state index contributed by atoms with van der Waals surface area (Å²) in [6, 6.07) is 12.0. The van der Waals surface area contributed by atoms with Crippen molar-refractivity contribution in [1.82, 2.24) is 15.4 Å². The molecule has 4 aliphatic rings. The van der Waals surface area contributed by atoms with Gasteiger partial charge in [0, 0.05) is 23.6 Å². The molecule has 5 nitrogen and oxygen atoms in total. The van der Waals surface area contributed by atoms with Crippen LogP contribution in [0.15, 0.2) is 40.9 Å². The summed E-state index contributed by atoms with van der Waals surface area (Å²) in [6.45, 7) is 2.90. The Bertz CT molecular complexity index is 871. The Morgan fingerprint density at radius 2 is 1.81 bits per heavy atom. The Kier molecular flexibility index (Phi) is 5.63. The first-order valence-electron chi connectivity index (χ1n) is 12.0. The summed E-state index contributed by atoms with van der Waals surface area (Å²) in [5.41, 5.74) is 2.05. The summed E-state index contributed by atoms with van der Waals surface area (Å²) < 4.78 is 5.52. The Morgan fingerprint density at radius 1 is 1.16 bits per heavy atom. The number of likely N-dealkylation sites (N-methyl/N-ethyl adjacent to an activating group) is 1. The maximum Gasteiger partial charge on any atom is 0.237 e. The van der Waals surface area contributed by atoms with Crippen LogP contribution in [-0.4, -0.2) is 41.1 Å². The quantitative estimate of drug-likeness (QED) is 0.672. The van der Waals surface area contributed by atoms with Crippen molar-refractivity contribution in [3.8, 4) is 11.3 Å². The van der Waals surface area contributed by atoms with Crippen molar-refractivity contribution < 1.29 is 9.32 Å². The van der Waals surface area contributed by atoms with Crippen molar-refractivity contribution in [2.24, 2.45) is 17.8 Å². The number of amides is 1. The van der Waals surface area contributed by atoms with Crippen LogP contribution in [0.4, 0.5) is 0 Å². The summed E-state index contributed by atoms with van der Waals surface area (Å²) in [5.74, 6) is 3.65. The van der Waals surface area contributed by atoms with Crippen LogP contribution in [0.3, 0.4) is 0 Å². The standard InChI is InChI=1S/C26H35N3O2/c1-18(25(30)27-26-15-19-11-20(16-26)13-21(12-19)17-26)29(2)10-6-9-23-14-24(28-31-23)22-7-4-3-5-8-22/h3-5,7-8,14,18-21H,6,9-13,15-17H2,1-2H3,(H,27,30). The Labute approximate surface area is 185 Å². The van der Waals surface area contributed by atoms with E-state index in [2.05, 4.69) is 22.4 Å². The minimum absolute atomic E-state index is 0.0919. The number of hydrogen-bond acceptors (Lipinski definition) is 4. The van der Waals surface area contributed by atoms with Crippen LogP contribution in [0.1, 0.15) is 57.6 Å². The van der Waals surface area contributed by atoms with Gasteiger partial charge in [0.1, 0.15) is 11.5 Å². The molecule has 0 saturated heterocycles. The molecule has 0 aliphatic heterocycles. The predicted molar refractivity (Wildman–Crippen MR) is 121 cm³/mol. The summed E-state index contributed by atoms with van der Waals surface area (Å²) in [6.07, 6.45) is 9.58. The highest BCUT2D eigenvalue weighted by Gasteiger charge is 2.51. The van der Waals surface area contributed by atoms with Crippen LogP contribution in [0, 0.1) is 17.8 Å². The number of hydrogen-bond donors (Lipinski definition) is 1. The van der Waals surface area contributed by atoms with Crippen LogP contribution >= 0.6 is 0 Å². The molecule has 2 aromatic rings. The summed E-state index contributed by atoms with van der Waals surface area (Å²) in [5, 5.41) is 7.72. The Morgan fingerprint density at radius 3 is 2.45 bits per heavy atom. The second-order valence-electron chi connectivity index (χ2n) is 10.5. The van der Waals surface area contributed by atoms with Gasteiger partial charge < -0.3 is 9.84 Å². The third kappa shape index (κ3) is 4.43. The van der Waals surface area contributed by atoms with Gasteiger partial charge in [0.05, 0.1) is 6.04 Å². The molecule has 4 aliphatic carbocycles. The van der Waals surface area contributed by atoms with E-state index < -0.39 is 0 Å². The van der Waals surface area contributed by atoms with Gasteiger partial charge in [-0.1, -0.05) is 35.5 Å². The fourth-order valence-electron chi connectivity index (χ4n) is 6.70. The number of nitrogens with zero attached hydrogens (tertiary/aromatic N) is 2. The maximum atomic E-state index is 13.1. The van der Waals surface area contributed by atoms with Crippen LogP contribution in [-0.2, 0) is 11.2 Å². The van der Waals surface area contributed by atoms with Crippen molar-refractivity contribution in [3.63, 3.8) is 0 Å². The van der Waals surface area contributed by atoms with Crippen molar-refractivity contribution in [2.45, 2.75) is 69.9 Å². The Hall–Kier alpha value is -2.14. The average Bonchev–Trinajstić information content (AvgIpc) is 3.21. The molecular weight excluding hydrogens is 386 g/mol. The van der Waals surface area contributed by atoms with E-state index in [4.69, 9.17) is 4.52 Å². The first kappa shape index (κ1) is 20.7. The lowest BCUT2D eigenvalue weighted by molar-refractivity contribution is -0.131. The van der Waals surface area contributed by atoms with E-state index in [-0.39, 0.29) is 17.5 Å². The van der Waals surface area contributed by atoms with Crippen molar-refractivity contribution >= 4 is 5.91 Å². The molecular formula is C26H35N3O2. The lowest BCUT2D eigenvalue weighted by atomic mass is 9.53. The zero-order valence-electron chi connectivity index (χ0n) is 18.8. The number of nitrogens with one attached hydrogen (secondary N) is 1. The van der Waals surface area contributed by atoms with Gasteiger partial charge in [-0.05, 0) is 83.2 Å². The van der Waals surface area contributed by atoms with Crippen LogP contribution < -0.4 is 5.32 Å². The lowest BCUT2D eigenvalue weighted by Gasteiger charge is -2.57. The van der Waals surface area contributed by atoms with E-state index in [1.165, 1.54) is 38.5 Å². The number of carbonyl (C=O) groups is 1. The number of benzene rings is 1. The SMILES string of the molecule is CC(C(=O)NC12CC3CC(CC(C3)C1)C2)N(C)CCCc1cc(-c2ccccc2)no1. The highest BCUT2D eigenvalue weighted by Crippen LogP contribution is 2.55.